The summed E-state index contributed by atoms with van der Waals surface area (Å²) in [6, 6.07) is 17.6. The molecule has 2 aliphatic rings. The third kappa shape index (κ3) is 5.30. The first-order chi connectivity index (χ1) is 15.1. The van der Waals surface area contributed by atoms with E-state index in [1.165, 1.54) is 5.56 Å². The van der Waals surface area contributed by atoms with E-state index in [1.807, 2.05) is 36.4 Å². The summed E-state index contributed by atoms with van der Waals surface area (Å²) in [5.74, 6) is 0.664. The number of ether oxygens (including phenoxy) is 1. The number of benzene rings is 2. The highest BCUT2D eigenvalue weighted by Gasteiger charge is 2.37. The summed E-state index contributed by atoms with van der Waals surface area (Å²) >= 11 is 6.33. The number of nitriles is 1. The molecular formula is C24H27ClN4O2. The monoisotopic (exact) mass is 438 g/mol. The van der Waals surface area contributed by atoms with Gasteiger partial charge in [-0.05, 0) is 43.4 Å². The Morgan fingerprint density at radius 3 is 2.87 bits per heavy atom. The van der Waals surface area contributed by atoms with Crippen molar-refractivity contribution in [3.05, 3.63) is 59.1 Å². The van der Waals surface area contributed by atoms with Crippen LogP contribution < -0.4 is 15.4 Å². The first-order valence-corrected chi connectivity index (χ1v) is 11.2. The largest absolute Gasteiger partial charge is 0.490 e. The van der Waals surface area contributed by atoms with Crippen LogP contribution in [0.4, 0.5) is 5.69 Å². The third-order valence-corrected chi connectivity index (χ3v) is 6.25. The van der Waals surface area contributed by atoms with E-state index in [0.29, 0.717) is 23.9 Å². The number of carbonyl (C=O) groups excluding carboxylic acids is 1. The van der Waals surface area contributed by atoms with E-state index < -0.39 is 0 Å². The van der Waals surface area contributed by atoms with Gasteiger partial charge in [-0.1, -0.05) is 41.9 Å². The number of carbonyl (C=O) groups is 1. The molecule has 2 fully saturated rings. The first-order valence-electron chi connectivity index (χ1n) is 10.8. The molecule has 1 amide bonds. The van der Waals surface area contributed by atoms with Gasteiger partial charge in [-0.25, -0.2) is 0 Å². The third-order valence-electron chi connectivity index (χ3n) is 5.93. The second-order valence-electron chi connectivity index (χ2n) is 8.11. The van der Waals surface area contributed by atoms with Crippen LogP contribution in [0.2, 0.25) is 5.02 Å². The van der Waals surface area contributed by atoms with Crippen molar-refractivity contribution < 1.29 is 9.53 Å². The molecule has 0 saturated carbocycles. The first kappa shape index (κ1) is 21.5. The molecule has 2 aromatic carbocycles. The van der Waals surface area contributed by atoms with E-state index in [1.54, 1.807) is 4.90 Å². The molecule has 2 aromatic rings. The molecule has 2 aliphatic heterocycles. The van der Waals surface area contributed by atoms with Crippen molar-refractivity contribution in [1.29, 1.82) is 5.26 Å². The van der Waals surface area contributed by atoms with Gasteiger partial charge in [0.25, 0.3) is 0 Å². The van der Waals surface area contributed by atoms with E-state index in [9.17, 15) is 10.1 Å². The Morgan fingerprint density at radius 2 is 2.06 bits per heavy atom. The molecule has 0 bridgehead atoms. The molecule has 0 unspecified atom stereocenters. The molecule has 0 aliphatic carbocycles. The van der Waals surface area contributed by atoms with Crippen molar-refractivity contribution in [2.75, 3.05) is 18.5 Å². The fraction of sp³-hybridized carbons (Fsp3) is 0.417. The van der Waals surface area contributed by atoms with E-state index in [4.69, 9.17) is 16.3 Å². The van der Waals surface area contributed by atoms with Gasteiger partial charge in [0.1, 0.15) is 18.4 Å². The van der Waals surface area contributed by atoms with Gasteiger partial charge in [-0.2, -0.15) is 5.26 Å². The Hall–Kier alpha value is -2.75. The molecule has 0 spiro atoms. The lowest BCUT2D eigenvalue weighted by atomic mass is 10.1. The Labute approximate surface area is 188 Å². The van der Waals surface area contributed by atoms with E-state index in [2.05, 4.69) is 28.8 Å². The summed E-state index contributed by atoms with van der Waals surface area (Å²) in [5, 5.41) is 16.6. The molecule has 31 heavy (non-hydrogen) atoms. The van der Waals surface area contributed by atoms with Crippen molar-refractivity contribution in [3.8, 4) is 11.8 Å². The minimum atomic E-state index is -0.283. The molecule has 2 saturated heterocycles. The van der Waals surface area contributed by atoms with Crippen molar-refractivity contribution in [1.82, 2.24) is 10.2 Å². The molecule has 0 aromatic heterocycles. The zero-order valence-electron chi connectivity index (χ0n) is 17.4. The average molecular weight is 439 g/mol. The van der Waals surface area contributed by atoms with Gasteiger partial charge in [0, 0.05) is 30.9 Å². The predicted molar refractivity (Wildman–Crippen MR) is 121 cm³/mol. The average Bonchev–Trinajstić information content (AvgIpc) is 3.47. The minimum absolute atomic E-state index is 0.0386. The van der Waals surface area contributed by atoms with Crippen LogP contribution in [0.3, 0.4) is 0 Å². The Bertz CT molecular complexity index is 946. The number of anilines is 1. The van der Waals surface area contributed by atoms with Gasteiger partial charge in [-0.15, -0.1) is 0 Å². The van der Waals surface area contributed by atoms with Crippen LogP contribution in [0.25, 0.3) is 0 Å². The smallest absolute Gasteiger partial charge is 0.240 e. The molecule has 6 nitrogen and oxygen atoms in total. The van der Waals surface area contributed by atoms with Gasteiger partial charge < -0.3 is 15.0 Å². The topological polar surface area (TPSA) is 77.4 Å². The molecule has 7 heteroatoms. The van der Waals surface area contributed by atoms with Crippen LogP contribution >= 0.6 is 11.6 Å². The number of hydrogen-bond acceptors (Lipinski definition) is 5. The maximum absolute atomic E-state index is 12.8. The molecular weight excluding hydrogens is 412 g/mol. The second-order valence-corrected chi connectivity index (χ2v) is 8.51. The lowest BCUT2D eigenvalue weighted by Crippen LogP contribution is -2.47. The van der Waals surface area contributed by atoms with Crippen LogP contribution in [-0.4, -0.2) is 42.1 Å². The highest BCUT2D eigenvalue weighted by atomic mass is 35.5. The fourth-order valence-corrected chi connectivity index (χ4v) is 4.40. The van der Waals surface area contributed by atoms with Gasteiger partial charge in [0.2, 0.25) is 5.91 Å². The van der Waals surface area contributed by atoms with Crippen LogP contribution in [0, 0.1) is 11.3 Å². The number of likely N-dealkylation sites (tertiary alicyclic amines) is 1. The molecule has 0 radical (unpaired) electrons. The summed E-state index contributed by atoms with van der Waals surface area (Å²) in [6.07, 6.45) is 3.28. The molecule has 2 heterocycles. The number of hydrogen-bond donors (Lipinski definition) is 2. The fourth-order valence-electron chi connectivity index (χ4n) is 4.22. The highest BCUT2D eigenvalue weighted by Crippen LogP contribution is 2.29. The summed E-state index contributed by atoms with van der Waals surface area (Å²) in [4.78, 5) is 14.5. The van der Waals surface area contributed by atoms with E-state index >= 15 is 0 Å². The minimum Gasteiger partial charge on any atom is -0.490 e. The lowest BCUT2D eigenvalue weighted by Gasteiger charge is -2.24. The quantitative estimate of drug-likeness (QED) is 0.684. The number of nitrogens with zero attached hydrogens (tertiary/aromatic N) is 2. The zero-order valence-corrected chi connectivity index (χ0v) is 18.1. The number of nitrogens with one attached hydrogen (secondary N) is 2. The van der Waals surface area contributed by atoms with Gasteiger partial charge in [0.15, 0.2) is 0 Å². The summed E-state index contributed by atoms with van der Waals surface area (Å²) < 4.78 is 6.00. The van der Waals surface area contributed by atoms with Gasteiger partial charge in [0.05, 0.1) is 17.1 Å². The zero-order chi connectivity index (χ0) is 21.6. The summed E-state index contributed by atoms with van der Waals surface area (Å²) in [7, 11) is 0. The molecule has 4 rings (SSSR count). The van der Waals surface area contributed by atoms with Crippen LogP contribution in [0.15, 0.2) is 48.5 Å². The summed E-state index contributed by atoms with van der Waals surface area (Å²) in [5.41, 5.74) is 2.13. The molecule has 3 atom stereocenters. The maximum atomic E-state index is 12.8. The van der Waals surface area contributed by atoms with Crippen LogP contribution in [0.5, 0.6) is 5.75 Å². The van der Waals surface area contributed by atoms with Crippen LogP contribution in [0.1, 0.15) is 31.2 Å². The van der Waals surface area contributed by atoms with Crippen LogP contribution in [-0.2, 0) is 11.3 Å². The normalized spacial score (nSPS) is 22.8. The summed E-state index contributed by atoms with van der Waals surface area (Å²) in [6.45, 7) is 1.83. The Balaban J connectivity index is 1.29. The van der Waals surface area contributed by atoms with E-state index in [0.717, 1.165) is 37.9 Å². The predicted octanol–water partition coefficient (Wildman–Crippen LogP) is 3.97. The number of halogens is 1. The van der Waals surface area contributed by atoms with Crippen molar-refractivity contribution in [3.63, 3.8) is 0 Å². The van der Waals surface area contributed by atoms with Crippen molar-refractivity contribution >= 4 is 23.2 Å². The van der Waals surface area contributed by atoms with Crippen molar-refractivity contribution in [2.24, 2.45) is 0 Å². The maximum Gasteiger partial charge on any atom is 0.240 e. The SMILES string of the molecule is N#C[C@@H]1CCCN1C(=O)[C@@H]1CC[C@H](COc2cc(NCc3ccccc3)ccc2Cl)N1. The standard InChI is InChI=1S/C24H27ClN4O2/c25-21-10-8-18(27-15-17-5-2-1-3-6-17)13-23(21)31-16-19-9-11-22(28-19)24(30)29-12-4-7-20(29)14-26/h1-3,5-6,8,10,13,19-20,22,27-28H,4,7,9,11-12,15-16H2/t19-,20+,22+/m1/s1. The molecule has 162 valence electrons. The Morgan fingerprint density at radius 1 is 1.23 bits per heavy atom. The molecule has 2 N–H and O–H groups in total. The Kier molecular flexibility index (Phi) is 6.96. The van der Waals surface area contributed by atoms with Gasteiger partial charge >= 0.3 is 0 Å². The van der Waals surface area contributed by atoms with E-state index in [-0.39, 0.29) is 24.0 Å². The van der Waals surface area contributed by atoms with Crippen molar-refractivity contribution in [2.45, 2.75) is 50.4 Å². The lowest BCUT2D eigenvalue weighted by molar-refractivity contribution is -0.133. The highest BCUT2D eigenvalue weighted by molar-refractivity contribution is 6.32. The van der Waals surface area contributed by atoms with Gasteiger partial charge in [-0.3, -0.25) is 10.1 Å². The number of amides is 1. The second kappa shape index (κ2) is 10.0. The number of rotatable bonds is 7.